The first-order valence-electron chi connectivity index (χ1n) is 4.99. The number of carbonyl (C=O) groups excluding carboxylic acids is 2. The van der Waals surface area contributed by atoms with Crippen LogP contribution in [0.1, 0.15) is 10.4 Å². The second-order valence-corrected chi connectivity index (χ2v) is 3.49. The van der Waals surface area contributed by atoms with Gasteiger partial charge in [0.05, 0.1) is 0 Å². The Bertz CT molecular complexity index is 463. The number of halogens is 3. The molecule has 1 N–H and O–H groups in total. The fraction of sp³-hybridized carbons (Fsp3) is 0.273. The van der Waals surface area contributed by atoms with E-state index in [0.29, 0.717) is 0 Å². The van der Waals surface area contributed by atoms with E-state index in [1.165, 1.54) is 16.8 Å². The number of nitrogens with zero attached hydrogens (tertiary/aromatic N) is 1. The molecule has 0 aliphatic rings. The first kappa shape index (κ1) is 14.0. The van der Waals surface area contributed by atoms with E-state index in [9.17, 15) is 22.8 Å². The van der Waals surface area contributed by atoms with Crippen LogP contribution in [0.15, 0.2) is 31.1 Å². The van der Waals surface area contributed by atoms with Crippen molar-refractivity contribution >= 4 is 11.7 Å². The van der Waals surface area contributed by atoms with Gasteiger partial charge in [0.15, 0.2) is 0 Å². The number of carbonyl (C=O) groups is 2. The van der Waals surface area contributed by atoms with Crippen LogP contribution >= 0.6 is 0 Å². The van der Waals surface area contributed by atoms with Gasteiger partial charge >= 0.3 is 6.18 Å². The average molecular weight is 260 g/mol. The minimum atomic E-state index is -4.91. The lowest BCUT2D eigenvalue weighted by Crippen LogP contribution is -2.27. The largest absolute Gasteiger partial charge is 0.454 e. The Morgan fingerprint density at radius 2 is 2.11 bits per heavy atom. The van der Waals surface area contributed by atoms with E-state index in [0.717, 1.165) is 12.3 Å². The van der Waals surface area contributed by atoms with Crippen LogP contribution in [-0.4, -0.2) is 29.0 Å². The van der Waals surface area contributed by atoms with Crippen molar-refractivity contribution in [1.82, 2.24) is 9.88 Å². The summed E-state index contributed by atoms with van der Waals surface area (Å²) in [6.45, 7) is 3.52. The normalized spacial score (nSPS) is 11.1. The molecule has 0 saturated heterocycles. The van der Waals surface area contributed by atoms with Gasteiger partial charge in [0.1, 0.15) is 6.54 Å². The third-order valence-electron chi connectivity index (χ3n) is 2.04. The third kappa shape index (κ3) is 3.76. The van der Waals surface area contributed by atoms with Crippen molar-refractivity contribution < 1.29 is 22.8 Å². The van der Waals surface area contributed by atoms with Crippen molar-refractivity contribution in [2.24, 2.45) is 0 Å². The maximum Gasteiger partial charge on any atom is 0.454 e. The van der Waals surface area contributed by atoms with Crippen LogP contribution in [-0.2, 0) is 11.3 Å². The van der Waals surface area contributed by atoms with Gasteiger partial charge in [0.2, 0.25) is 5.91 Å². The SMILES string of the molecule is C=CCNC(=O)Cn1ccc(C(=O)C(F)(F)F)c1. The first-order chi connectivity index (χ1) is 8.34. The molecule has 1 rings (SSSR count). The van der Waals surface area contributed by atoms with Crippen LogP contribution < -0.4 is 5.32 Å². The molecular weight excluding hydrogens is 249 g/mol. The van der Waals surface area contributed by atoms with E-state index in [1.54, 1.807) is 0 Å². The summed E-state index contributed by atoms with van der Waals surface area (Å²) in [7, 11) is 0. The Balaban J connectivity index is 2.67. The summed E-state index contributed by atoms with van der Waals surface area (Å²) in [4.78, 5) is 22.1. The minimum Gasteiger partial charge on any atom is -0.351 e. The van der Waals surface area contributed by atoms with E-state index in [4.69, 9.17) is 0 Å². The molecule has 0 aliphatic carbocycles. The number of Topliss-reactive ketones (excluding diaryl/α,β-unsaturated/α-hetero) is 1. The summed E-state index contributed by atoms with van der Waals surface area (Å²) < 4.78 is 37.6. The monoisotopic (exact) mass is 260 g/mol. The minimum absolute atomic E-state index is 0.154. The molecule has 1 aromatic rings. The number of hydrogen-bond donors (Lipinski definition) is 1. The van der Waals surface area contributed by atoms with Gasteiger partial charge < -0.3 is 9.88 Å². The number of aromatic nitrogens is 1. The summed E-state index contributed by atoms with van der Waals surface area (Å²) in [6, 6.07) is 1.02. The predicted octanol–water partition coefficient (Wildman–Crippen LogP) is 1.54. The fourth-order valence-corrected chi connectivity index (χ4v) is 1.24. The van der Waals surface area contributed by atoms with Crippen molar-refractivity contribution in [2.45, 2.75) is 12.7 Å². The molecule has 0 aliphatic heterocycles. The van der Waals surface area contributed by atoms with Crippen LogP contribution in [0, 0.1) is 0 Å². The Kier molecular flexibility index (Phi) is 4.30. The summed E-state index contributed by atoms with van der Waals surface area (Å²) in [5.74, 6) is -2.30. The van der Waals surface area contributed by atoms with Gasteiger partial charge in [-0.05, 0) is 6.07 Å². The van der Waals surface area contributed by atoms with Crippen molar-refractivity contribution in [2.75, 3.05) is 6.54 Å². The second kappa shape index (κ2) is 5.52. The second-order valence-electron chi connectivity index (χ2n) is 3.49. The zero-order valence-electron chi connectivity index (χ0n) is 9.33. The van der Waals surface area contributed by atoms with Crippen LogP contribution in [0.3, 0.4) is 0 Å². The molecule has 0 unspecified atom stereocenters. The highest BCUT2D eigenvalue weighted by Crippen LogP contribution is 2.21. The molecule has 0 bridgehead atoms. The Labute approximate surface area is 101 Å². The maximum absolute atomic E-state index is 12.1. The Morgan fingerprint density at radius 1 is 1.44 bits per heavy atom. The molecular formula is C11H11F3N2O2. The third-order valence-corrected chi connectivity index (χ3v) is 2.04. The number of ketones is 1. The van der Waals surface area contributed by atoms with E-state index in [2.05, 4.69) is 11.9 Å². The van der Waals surface area contributed by atoms with Crippen LogP contribution in [0.2, 0.25) is 0 Å². The zero-order valence-corrected chi connectivity index (χ0v) is 9.33. The highest BCUT2D eigenvalue weighted by Gasteiger charge is 2.39. The molecule has 98 valence electrons. The molecule has 18 heavy (non-hydrogen) atoms. The lowest BCUT2D eigenvalue weighted by atomic mass is 10.2. The maximum atomic E-state index is 12.1. The van der Waals surface area contributed by atoms with E-state index >= 15 is 0 Å². The summed E-state index contributed by atoms with van der Waals surface area (Å²) >= 11 is 0. The Morgan fingerprint density at radius 3 is 2.67 bits per heavy atom. The van der Waals surface area contributed by atoms with Crippen LogP contribution in [0.25, 0.3) is 0 Å². The lowest BCUT2D eigenvalue weighted by molar-refractivity contribution is -0.121. The van der Waals surface area contributed by atoms with E-state index < -0.39 is 17.5 Å². The van der Waals surface area contributed by atoms with Crippen molar-refractivity contribution in [1.29, 1.82) is 0 Å². The van der Waals surface area contributed by atoms with Crippen molar-refractivity contribution in [3.05, 3.63) is 36.7 Å². The molecule has 0 atom stereocenters. The summed E-state index contributed by atoms with van der Waals surface area (Å²) in [6.07, 6.45) is -1.20. The smallest absolute Gasteiger partial charge is 0.351 e. The standard InChI is InChI=1S/C11H11F3N2O2/c1-2-4-15-9(17)7-16-5-3-8(6-16)10(18)11(12,13)14/h2-3,5-6H,1,4,7H2,(H,15,17). The number of alkyl halides is 3. The molecule has 0 radical (unpaired) electrons. The number of nitrogens with one attached hydrogen (secondary N) is 1. The number of hydrogen-bond acceptors (Lipinski definition) is 2. The van der Waals surface area contributed by atoms with Gasteiger partial charge in [-0.2, -0.15) is 13.2 Å². The molecule has 0 aromatic carbocycles. The molecule has 1 aromatic heterocycles. The van der Waals surface area contributed by atoms with Gasteiger partial charge in [-0.1, -0.05) is 6.08 Å². The van der Waals surface area contributed by atoms with Crippen molar-refractivity contribution in [3.8, 4) is 0 Å². The molecule has 7 heteroatoms. The average Bonchev–Trinajstić information content (AvgIpc) is 2.72. The van der Waals surface area contributed by atoms with Gasteiger partial charge in [0.25, 0.3) is 5.78 Å². The summed E-state index contributed by atoms with van der Waals surface area (Å²) in [5.41, 5.74) is -0.487. The highest BCUT2D eigenvalue weighted by molar-refractivity contribution is 6.00. The Hall–Kier alpha value is -2.05. The molecule has 0 fully saturated rings. The van der Waals surface area contributed by atoms with Crippen molar-refractivity contribution in [3.63, 3.8) is 0 Å². The fourth-order valence-electron chi connectivity index (χ4n) is 1.24. The van der Waals surface area contributed by atoms with Gasteiger partial charge in [-0.3, -0.25) is 9.59 Å². The van der Waals surface area contributed by atoms with Crippen LogP contribution in [0.5, 0.6) is 0 Å². The topological polar surface area (TPSA) is 51.1 Å². The molecule has 1 amide bonds. The van der Waals surface area contributed by atoms with E-state index in [-0.39, 0.29) is 19.0 Å². The van der Waals surface area contributed by atoms with E-state index in [1.807, 2.05) is 0 Å². The number of amides is 1. The van der Waals surface area contributed by atoms with Crippen LogP contribution in [0.4, 0.5) is 13.2 Å². The molecule has 0 spiro atoms. The summed E-state index contributed by atoms with van der Waals surface area (Å²) in [5, 5.41) is 2.46. The highest BCUT2D eigenvalue weighted by atomic mass is 19.4. The first-order valence-corrected chi connectivity index (χ1v) is 4.99. The quantitative estimate of drug-likeness (QED) is 0.645. The molecule has 4 nitrogen and oxygen atoms in total. The predicted molar refractivity (Wildman–Crippen MR) is 58.0 cm³/mol. The zero-order chi connectivity index (χ0) is 13.8. The van der Waals surface area contributed by atoms with Gasteiger partial charge in [0, 0.05) is 24.5 Å². The van der Waals surface area contributed by atoms with Gasteiger partial charge in [-0.15, -0.1) is 6.58 Å². The molecule has 0 saturated carbocycles. The molecule has 1 heterocycles. The lowest BCUT2D eigenvalue weighted by Gasteiger charge is -2.04. The number of rotatable bonds is 5. The van der Waals surface area contributed by atoms with Gasteiger partial charge in [-0.25, -0.2) is 0 Å².